The van der Waals surface area contributed by atoms with Crippen molar-refractivity contribution in [3.8, 4) is 0 Å². The van der Waals surface area contributed by atoms with Crippen LogP contribution in [0.3, 0.4) is 0 Å². The Morgan fingerprint density at radius 2 is 1.88 bits per heavy atom. The number of benzene rings is 1. The summed E-state index contributed by atoms with van der Waals surface area (Å²) in [5, 5.41) is 1.59. The molecule has 2 unspecified atom stereocenters. The van der Waals surface area contributed by atoms with E-state index in [4.69, 9.17) is 0 Å². The molecule has 0 aliphatic heterocycles. The van der Waals surface area contributed by atoms with Gasteiger partial charge in [-0.05, 0) is 12.5 Å². The first-order chi connectivity index (χ1) is 7.68. The maximum absolute atomic E-state index is 2.51. The van der Waals surface area contributed by atoms with Gasteiger partial charge in [0.25, 0.3) is 0 Å². The van der Waals surface area contributed by atoms with Gasteiger partial charge in [-0.25, -0.2) is 0 Å². The lowest BCUT2D eigenvalue weighted by Gasteiger charge is -2.33. The largest absolute Gasteiger partial charge is 0.0942 e. The summed E-state index contributed by atoms with van der Waals surface area (Å²) in [5.74, 6) is 0. The summed E-state index contributed by atoms with van der Waals surface area (Å²) in [6, 6.07) is 12.4. The van der Waals surface area contributed by atoms with E-state index in [0.717, 1.165) is 0 Å². The van der Waals surface area contributed by atoms with Crippen LogP contribution in [0.5, 0.6) is 0 Å². The van der Waals surface area contributed by atoms with Gasteiger partial charge in [-0.1, -0.05) is 78.8 Å². The van der Waals surface area contributed by atoms with Gasteiger partial charge >= 0.3 is 0 Å². The highest BCUT2D eigenvalue weighted by molar-refractivity contribution is 6.92. The van der Waals surface area contributed by atoms with Crippen LogP contribution in [-0.4, -0.2) is 8.07 Å². The van der Waals surface area contributed by atoms with Crippen LogP contribution in [0, 0.1) is 0 Å². The van der Waals surface area contributed by atoms with Crippen molar-refractivity contribution < 1.29 is 0 Å². The Hall–Kier alpha value is -1.08. The predicted molar refractivity (Wildman–Crippen MR) is 74.8 cm³/mol. The van der Waals surface area contributed by atoms with Gasteiger partial charge in [0.15, 0.2) is 0 Å². The fourth-order valence-electron chi connectivity index (χ4n) is 2.71. The van der Waals surface area contributed by atoms with E-state index in [9.17, 15) is 0 Å². The Morgan fingerprint density at radius 3 is 2.38 bits per heavy atom. The van der Waals surface area contributed by atoms with Gasteiger partial charge in [0.2, 0.25) is 0 Å². The fourth-order valence-corrected chi connectivity index (χ4v) is 6.51. The molecule has 0 N–H and O–H groups in total. The zero-order valence-electron chi connectivity index (χ0n) is 10.4. The van der Waals surface area contributed by atoms with Crippen molar-refractivity contribution in [3.05, 3.63) is 54.1 Å². The third kappa shape index (κ3) is 1.80. The summed E-state index contributed by atoms with van der Waals surface area (Å²) >= 11 is 0. The quantitative estimate of drug-likeness (QED) is 0.689. The van der Waals surface area contributed by atoms with Crippen molar-refractivity contribution in [2.75, 3.05) is 0 Å². The number of hydrogen-bond acceptors (Lipinski definition) is 0. The van der Waals surface area contributed by atoms with E-state index in [1.54, 1.807) is 10.8 Å². The van der Waals surface area contributed by atoms with Crippen molar-refractivity contribution in [3.63, 3.8) is 0 Å². The minimum atomic E-state index is -1.38. The molecule has 0 fully saturated rings. The molecule has 0 saturated heterocycles. The molecule has 0 aromatic heterocycles. The summed E-state index contributed by atoms with van der Waals surface area (Å²) < 4.78 is 0. The standard InChI is InChI=1S/C15H20Si/c1-4-16(3,14-10-6-5-7-11-14)15-12-8-9-13(15)2/h5-12,15H,4H2,1-3H3. The van der Waals surface area contributed by atoms with Crippen LogP contribution in [0.1, 0.15) is 13.8 Å². The predicted octanol–water partition coefficient (Wildman–Crippen LogP) is 3.88. The highest BCUT2D eigenvalue weighted by atomic mass is 28.3. The van der Waals surface area contributed by atoms with E-state index >= 15 is 0 Å². The van der Waals surface area contributed by atoms with E-state index in [2.05, 4.69) is 69.0 Å². The van der Waals surface area contributed by atoms with Gasteiger partial charge < -0.3 is 0 Å². The van der Waals surface area contributed by atoms with Gasteiger partial charge in [-0.15, -0.1) is 0 Å². The van der Waals surface area contributed by atoms with Crippen molar-refractivity contribution in [2.45, 2.75) is 32.0 Å². The second kappa shape index (κ2) is 4.42. The van der Waals surface area contributed by atoms with Crippen LogP contribution in [0.4, 0.5) is 0 Å². The van der Waals surface area contributed by atoms with Gasteiger partial charge in [0.05, 0.1) is 8.07 Å². The Labute approximate surface area is 99.7 Å². The second-order valence-corrected chi connectivity index (χ2v) is 9.65. The van der Waals surface area contributed by atoms with Crippen molar-refractivity contribution in [1.82, 2.24) is 0 Å². The fraction of sp³-hybridized carbons (Fsp3) is 0.333. The first-order valence-electron chi connectivity index (χ1n) is 6.09. The van der Waals surface area contributed by atoms with E-state index in [0.29, 0.717) is 5.54 Å². The molecule has 0 radical (unpaired) electrons. The molecule has 0 saturated carbocycles. The average molecular weight is 228 g/mol. The Kier molecular flexibility index (Phi) is 3.15. The third-order valence-electron chi connectivity index (χ3n) is 4.01. The first kappa shape index (κ1) is 11.4. The molecule has 2 rings (SSSR count). The Balaban J connectivity index is 2.40. The van der Waals surface area contributed by atoms with E-state index in [1.807, 2.05) is 0 Å². The van der Waals surface area contributed by atoms with Crippen LogP contribution in [-0.2, 0) is 0 Å². The molecule has 1 aliphatic rings. The van der Waals surface area contributed by atoms with Crippen molar-refractivity contribution in [2.24, 2.45) is 0 Å². The molecular weight excluding hydrogens is 208 g/mol. The topological polar surface area (TPSA) is 0 Å². The highest BCUT2D eigenvalue weighted by Crippen LogP contribution is 2.36. The Bertz CT molecular complexity index is 416. The molecule has 0 nitrogen and oxygen atoms in total. The van der Waals surface area contributed by atoms with Crippen molar-refractivity contribution >= 4 is 13.3 Å². The molecule has 1 aromatic rings. The van der Waals surface area contributed by atoms with E-state index in [-0.39, 0.29) is 0 Å². The number of hydrogen-bond donors (Lipinski definition) is 0. The van der Waals surface area contributed by atoms with Crippen LogP contribution in [0.15, 0.2) is 54.1 Å². The minimum absolute atomic E-state index is 0.694. The van der Waals surface area contributed by atoms with Crippen LogP contribution >= 0.6 is 0 Å². The molecule has 16 heavy (non-hydrogen) atoms. The van der Waals surface area contributed by atoms with Crippen LogP contribution in [0.25, 0.3) is 0 Å². The Morgan fingerprint density at radius 1 is 1.19 bits per heavy atom. The summed E-state index contributed by atoms with van der Waals surface area (Å²) in [7, 11) is -1.38. The lowest BCUT2D eigenvalue weighted by atomic mass is 10.3. The zero-order chi connectivity index (χ0) is 11.6. The highest BCUT2D eigenvalue weighted by Gasteiger charge is 2.36. The second-order valence-electron chi connectivity index (χ2n) is 4.91. The molecule has 0 heterocycles. The summed E-state index contributed by atoms with van der Waals surface area (Å²) in [6.07, 6.45) is 6.90. The van der Waals surface area contributed by atoms with Gasteiger partial charge in [0, 0.05) is 0 Å². The molecule has 1 heteroatoms. The normalized spacial score (nSPS) is 22.9. The molecule has 0 amide bonds. The smallest absolute Gasteiger partial charge is 0.0797 e. The van der Waals surface area contributed by atoms with E-state index in [1.165, 1.54) is 6.04 Å². The van der Waals surface area contributed by atoms with E-state index < -0.39 is 8.07 Å². The molecular formula is C15H20Si. The SMILES string of the molecule is CC[Si](C)(c1ccccc1)C1C=CC=C1C. The minimum Gasteiger partial charge on any atom is -0.0797 e. The zero-order valence-corrected chi connectivity index (χ0v) is 11.4. The summed E-state index contributed by atoms with van der Waals surface area (Å²) in [4.78, 5) is 0. The molecule has 1 aliphatic carbocycles. The maximum Gasteiger partial charge on any atom is 0.0942 e. The molecule has 2 atom stereocenters. The molecule has 0 spiro atoms. The number of rotatable bonds is 3. The molecule has 0 bridgehead atoms. The average Bonchev–Trinajstić information content (AvgIpc) is 2.76. The van der Waals surface area contributed by atoms with Crippen LogP contribution in [0.2, 0.25) is 18.1 Å². The maximum atomic E-state index is 2.51. The summed E-state index contributed by atoms with van der Waals surface area (Å²) in [5.41, 5.74) is 2.24. The van der Waals surface area contributed by atoms with Crippen molar-refractivity contribution in [1.29, 1.82) is 0 Å². The number of allylic oxidation sites excluding steroid dienone is 4. The monoisotopic (exact) mass is 228 g/mol. The van der Waals surface area contributed by atoms with Crippen LogP contribution < -0.4 is 5.19 Å². The lowest BCUT2D eigenvalue weighted by Crippen LogP contribution is -2.47. The van der Waals surface area contributed by atoms with Gasteiger partial charge in [0.1, 0.15) is 0 Å². The van der Waals surface area contributed by atoms with Gasteiger partial charge in [-0.2, -0.15) is 0 Å². The van der Waals surface area contributed by atoms with Gasteiger partial charge in [-0.3, -0.25) is 0 Å². The third-order valence-corrected chi connectivity index (χ3v) is 9.15. The summed E-state index contributed by atoms with van der Waals surface area (Å²) in [6.45, 7) is 7.13. The lowest BCUT2D eigenvalue weighted by molar-refractivity contribution is 1.14. The molecule has 1 aromatic carbocycles. The molecule has 84 valence electrons. The first-order valence-corrected chi connectivity index (χ1v) is 8.87.